The molecule has 78 valence electrons. The summed E-state index contributed by atoms with van der Waals surface area (Å²) in [5, 5.41) is 0. The molecule has 1 atom stereocenters. The fourth-order valence-electron chi connectivity index (χ4n) is 0.909. The van der Waals surface area contributed by atoms with Gasteiger partial charge in [-0.1, -0.05) is 17.7 Å². The van der Waals surface area contributed by atoms with Gasteiger partial charge < -0.3 is 0 Å². The van der Waals surface area contributed by atoms with Gasteiger partial charge >= 0.3 is 0 Å². The Morgan fingerprint density at radius 1 is 1.21 bits per heavy atom. The maximum absolute atomic E-state index is 11.4. The molecule has 1 aromatic rings. The van der Waals surface area contributed by atoms with E-state index in [9.17, 15) is 12.6 Å². The fraction of sp³-hybridized carbons (Fsp3) is 0.250. The van der Waals surface area contributed by atoms with E-state index in [1.807, 2.05) is 6.92 Å². The molecule has 0 saturated carbocycles. The maximum Gasteiger partial charge on any atom is 0.289 e. The second-order valence-electron chi connectivity index (χ2n) is 2.83. The van der Waals surface area contributed by atoms with Gasteiger partial charge in [-0.15, -0.1) is 3.77 Å². The van der Waals surface area contributed by atoms with Gasteiger partial charge in [-0.2, -0.15) is 8.42 Å². The highest BCUT2D eigenvalue weighted by Crippen LogP contribution is 2.12. The number of sulfonamides is 1. The highest BCUT2D eigenvalue weighted by molar-refractivity contribution is 7.96. The van der Waals surface area contributed by atoms with Crippen LogP contribution in [0.25, 0.3) is 0 Å². The fourth-order valence-corrected chi connectivity index (χ4v) is 2.98. The minimum atomic E-state index is -3.73. The van der Waals surface area contributed by atoms with E-state index >= 15 is 0 Å². The van der Waals surface area contributed by atoms with E-state index in [2.05, 4.69) is 3.77 Å². The summed E-state index contributed by atoms with van der Waals surface area (Å²) in [6, 6.07) is 6.25. The lowest BCUT2D eigenvalue weighted by Crippen LogP contribution is -1.96. The number of rotatable bonds is 2. The second-order valence-corrected chi connectivity index (χ2v) is 5.84. The molecule has 0 aromatic heterocycles. The zero-order valence-corrected chi connectivity index (χ0v) is 9.55. The molecule has 1 aromatic carbocycles. The summed E-state index contributed by atoms with van der Waals surface area (Å²) in [5.41, 5.74) is 0.963. The number of hydrogen-bond donors (Lipinski definition) is 1. The normalized spacial score (nSPS) is 14.1. The number of thiol groups is 1. The Morgan fingerprint density at radius 3 is 2.14 bits per heavy atom. The summed E-state index contributed by atoms with van der Waals surface area (Å²) < 4.78 is 36.7. The summed E-state index contributed by atoms with van der Waals surface area (Å²) >= 11 is 0. The zero-order valence-electron chi connectivity index (χ0n) is 7.84. The Bertz CT molecular complexity index is 496. The first-order chi connectivity index (χ1) is 6.42. The van der Waals surface area contributed by atoms with Crippen molar-refractivity contribution >= 4 is 20.6 Å². The van der Waals surface area contributed by atoms with Crippen LogP contribution in [-0.4, -0.2) is 18.9 Å². The molecule has 0 fully saturated rings. The van der Waals surface area contributed by atoms with Gasteiger partial charge in [0.05, 0.1) is 4.90 Å². The molecule has 0 aliphatic heterocycles. The molecule has 0 aliphatic carbocycles. The van der Waals surface area contributed by atoms with E-state index in [1.54, 1.807) is 12.1 Å². The molecular weight excluding hydrogens is 222 g/mol. The van der Waals surface area contributed by atoms with Crippen molar-refractivity contribution in [1.82, 2.24) is 0 Å². The molecule has 0 N–H and O–H groups in total. The number of hydrogen-bond acceptors (Lipinski definition) is 3. The van der Waals surface area contributed by atoms with Gasteiger partial charge in [-0.25, -0.2) is 0 Å². The van der Waals surface area contributed by atoms with Gasteiger partial charge in [0.1, 0.15) is 0 Å². The molecule has 0 amide bonds. The largest absolute Gasteiger partial charge is 0.289 e. The molecule has 0 radical (unpaired) electrons. The van der Waals surface area contributed by atoms with Crippen LogP contribution in [0.4, 0.5) is 0 Å². The first-order valence-electron chi connectivity index (χ1n) is 3.87. The number of aryl methyl sites for hydroxylation is 1. The highest BCUT2D eigenvalue weighted by atomic mass is 32.3. The average Bonchev–Trinajstić information content (AvgIpc) is 2.02. The third kappa shape index (κ3) is 2.81. The minimum absolute atomic E-state index is 0.0771. The molecular formula is C8H11NO3S2. The lowest BCUT2D eigenvalue weighted by molar-refractivity contribution is 0.598. The van der Waals surface area contributed by atoms with Crippen molar-refractivity contribution in [1.29, 1.82) is 0 Å². The lowest BCUT2D eigenvalue weighted by Gasteiger charge is -1.97. The summed E-state index contributed by atoms with van der Waals surface area (Å²) in [6.07, 6.45) is 1.25. The topological polar surface area (TPSA) is 63.6 Å². The van der Waals surface area contributed by atoms with Gasteiger partial charge in [0, 0.05) is 16.9 Å². The highest BCUT2D eigenvalue weighted by Gasteiger charge is 2.11. The van der Waals surface area contributed by atoms with E-state index in [-0.39, 0.29) is 4.90 Å². The molecule has 14 heavy (non-hydrogen) atoms. The summed E-state index contributed by atoms with van der Waals surface area (Å²) in [5.74, 6) is 0. The van der Waals surface area contributed by atoms with Gasteiger partial charge in [-0.05, 0) is 19.1 Å². The predicted octanol–water partition coefficient (Wildman–Crippen LogP) is 0.978. The van der Waals surface area contributed by atoms with Gasteiger partial charge in [0.25, 0.3) is 10.0 Å². The van der Waals surface area contributed by atoms with Crippen molar-refractivity contribution in [3.05, 3.63) is 29.8 Å². The molecule has 0 bridgehead atoms. The van der Waals surface area contributed by atoms with Crippen LogP contribution in [-0.2, 0) is 20.6 Å². The molecule has 6 heteroatoms. The van der Waals surface area contributed by atoms with Crippen LogP contribution in [0, 0.1) is 6.92 Å². The van der Waals surface area contributed by atoms with Gasteiger partial charge in [-0.3, -0.25) is 4.21 Å². The van der Waals surface area contributed by atoms with Crippen LogP contribution in [0.3, 0.4) is 0 Å². The summed E-state index contributed by atoms with van der Waals surface area (Å²) in [4.78, 5) is 0.0771. The monoisotopic (exact) mass is 233 g/mol. The zero-order chi connectivity index (χ0) is 10.8. The van der Waals surface area contributed by atoms with Crippen molar-refractivity contribution in [2.24, 2.45) is 3.77 Å². The Kier molecular flexibility index (Phi) is 3.28. The van der Waals surface area contributed by atoms with Crippen LogP contribution in [0.15, 0.2) is 32.9 Å². The number of benzene rings is 1. The van der Waals surface area contributed by atoms with Crippen molar-refractivity contribution in [3.8, 4) is 0 Å². The predicted molar refractivity (Wildman–Crippen MR) is 56.3 cm³/mol. The Balaban J connectivity index is 3.25. The first kappa shape index (κ1) is 11.2. The summed E-state index contributed by atoms with van der Waals surface area (Å²) in [6.45, 7) is 1.86. The molecule has 1 rings (SSSR count). The first-order valence-corrected chi connectivity index (χ1v) is 6.97. The van der Waals surface area contributed by atoms with E-state index in [1.165, 1.54) is 18.4 Å². The molecule has 0 aliphatic rings. The van der Waals surface area contributed by atoms with Crippen LogP contribution >= 0.6 is 0 Å². The summed E-state index contributed by atoms with van der Waals surface area (Å²) in [7, 11) is -5.77. The third-order valence-corrected chi connectivity index (χ3v) is 4.19. The van der Waals surface area contributed by atoms with Crippen LogP contribution in [0.1, 0.15) is 5.56 Å². The smallest absolute Gasteiger partial charge is 0.252 e. The number of nitrogens with zero attached hydrogens (tertiary/aromatic N) is 1. The maximum atomic E-state index is 11.4. The molecule has 0 saturated heterocycles. The van der Waals surface area contributed by atoms with Crippen molar-refractivity contribution in [2.75, 3.05) is 6.26 Å². The van der Waals surface area contributed by atoms with Crippen LogP contribution in [0.2, 0.25) is 0 Å². The Labute approximate surface area is 85.2 Å². The Hall–Kier alpha value is -0.880. The lowest BCUT2D eigenvalue weighted by atomic mass is 10.2. The second kappa shape index (κ2) is 4.10. The van der Waals surface area contributed by atoms with E-state index in [4.69, 9.17) is 0 Å². The molecule has 1 unspecified atom stereocenters. The van der Waals surface area contributed by atoms with E-state index in [0.29, 0.717) is 0 Å². The molecule has 4 nitrogen and oxygen atoms in total. The molecule has 0 heterocycles. The average molecular weight is 233 g/mol. The van der Waals surface area contributed by atoms with E-state index in [0.717, 1.165) is 5.56 Å². The minimum Gasteiger partial charge on any atom is -0.252 e. The molecule has 0 spiro atoms. The van der Waals surface area contributed by atoms with Crippen LogP contribution in [0.5, 0.6) is 0 Å². The van der Waals surface area contributed by atoms with Crippen molar-refractivity contribution < 1.29 is 12.6 Å². The Morgan fingerprint density at radius 2 is 1.71 bits per heavy atom. The van der Waals surface area contributed by atoms with Gasteiger partial charge in [0.2, 0.25) is 0 Å². The van der Waals surface area contributed by atoms with Crippen LogP contribution < -0.4 is 0 Å². The van der Waals surface area contributed by atoms with Crippen molar-refractivity contribution in [3.63, 3.8) is 0 Å². The quantitative estimate of drug-likeness (QED) is 0.774. The SMILES string of the molecule is Cc1ccc(S(=O)(=O)/N=[SH](/C)=O)cc1. The van der Waals surface area contributed by atoms with Gasteiger partial charge in [0.15, 0.2) is 0 Å². The van der Waals surface area contributed by atoms with Crippen molar-refractivity contribution in [2.45, 2.75) is 11.8 Å². The van der Waals surface area contributed by atoms with E-state index < -0.39 is 20.6 Å². The standard InChI is InChI=1S/C8H11NO3S2/c1-7-3-5-8(6-4-7)14(11,12)9-13(2)10/h3-6,13H,1-2H3. The third-order valence-electron chi connectivity index (χ3n) is 1.54.